The molecule has 26 valence electrons. The maximum atomic E-state index is 9.15. The van der Waals surface area contributed by atoms with Gasteiger partial charge < -0.3 is 6.22 Å². The summed E-state index contributed by atoms with van der Waals surface area (Å²) in [5, 5.41) is 0. The minimum Gasteiger partial charge on any atom is -1.00 e. The molecule has 0 aromatic carbocycles. The number of hydrogen-bond donors (Lipinski definition) is 0. The average molecular weight is 100 g/mol. The van der Waals surface area contributed by atoms with Gasteiger partial charge in [0.1, 0.15) is 6.29 Å². The zero-order chi connectivity index (χ0) is 3.41. The normalized spacial score (nSPS) is 5.00. The number of carbonyl (C=O) groups is 1. The summed E-state index contributed by atoms with van der Waals surface area (Å²) in [7, 11) is 2.29. The second-order valence-corrected chi connectivity index (χ2v) is 0.874. The van der Waals surface area contributed by atoms with Gasteiger partial charge in [0.25, 0.3) is 0 Å². The van der Waals surface area contributed by atoms with Gasteiger partial charge in [-0.1, -0.05) is 0 Å². The monoisotopic (exact) mass is 100 g/mol. The fraction of sp³-hybridized carbons (Fsp3) is 0.500. The molecule has 0 aliphatic carbocycles. The molecule has 3 heteroatoms. The number of carbonyl (C=O) groups excluding carboxylic acids is 1. The molecule has 0 aromatic rings. The van der Waals surface area contributed by atoms with E-state index >= 15 is 0 Å². The Balaban J connectivity index is -0.0000000450. The molecule has 0 fully saturated rings. The molecule has 1 unspecified atom stereocenters. The molecule has 5 heavy (non-hydrogen) atoms. The van der Waals surface area contributed by atoms with Crippen molar-refractivity contribution in [3.05, 3.63) is 0 Å². The Labute approximate surface area is 57.5 Å². The summed E-state index contributed by atoms with van der Waals surface area (Å²) in [6.45, 7) is 0. The number of aldehydes is 1. The molecule has 0 bridgehead atoms. The quantitative estimate of drug-likeness (QED) is 0.197. The Kier molecular flexibility index (Phi) is 16.8. The Bertz CT molecular complexity index is 27.5. The average Bonchev–Trinajstić information content (AvgIpc) is 1.37. The summed E-state index contributed by atoms with van der Waals surface area (Å²) in [5.74, 6) is 0. The topological polar surface area (TPSA) is 17.1 Å². The number of hydrogen-bond acceptors (Lipinski definition) is 1. The number of rotatable bonds is 1. The molecule has 1 atom stereocenters. The van der Waals surface area contributed by atoms with Crippen molar-refractivity contribution in [2.45, 2.75) is 0 Å². The molecule has 0 amide bonds. The predicted octanol–water partition coefficient (Wildman–Crippen LogP) is -2.82. The van der Waals surface area contributed by atoms with Gasteiger partial charge in [-0.15, -0.1) is 9.24 Å². The first kappa shape index (κ1) is 9.44. The van der Waals surface area contributed by atoms with Crippen molar-refractivity contribution >= 4 is 15.5 Å². The first-order valence-electron chi connectivity index (χ1n) is 1.05. The molecule has 0 saturated heterocycles. The zero-order valence-corrected chi connectivity index (χ0v) is 6.42. The fourth-order valence-electron chi connectivity index (χ4n) is 0. The van der Waals surface area contributed by atoms with E-state index in [1.165, 1.54) is 0 Å². The summed E-state index contributed by atoms with van der Waals surface area (Å²) in [6.07, 6.45) is 1.39. The molecular weight excluding hydrogens is 94.0 g/mol. The van der Waals surface area contributed by atoms with Gasteiger partial charge >= 0.3 is 29.6 Å². The van der Waals surface area contributed by atoms with Crippen LogP contribution in [0.15, 0.2) is 0 Å². The minimum absolute atomic E-state index is 0. The second-order valence-electron chi connectivity index (χ2n) is 0.402. The summed E-state index contributed by atoms with van der Waals surface area (Å²) in [4.78, 5) is 9.15. The second kappa shape index (κ2) is 8.92. The van der Waals surface area contributed by atoms with Crippen molar-refractivity contribution in [3.63, 3.8) is 0 Å². The van der Waals surface area contributed by atoms with Gasteiger partial charge in [-0.2, -0.15) is 0 Å². The van der Waals surface area contributed by atoms with Gasteiger partial charge in [0.05, 0.1) is 0 Å². The summed E-state index contributed by atoms with van der Waals surface area (Å²) in [6, 6.07) is 0. The van der Waals surface area contributed by atoms with Crippen LogP contribution in [-0.4, -0.2) is 12.4 Å². The Hall–Kier alpha value is 1.10. The van der Waals surface area contributed by atoms with Crippen molar-refractivity contribution in [3.8, 4) is 0 Å². The van der Waals surface area contributed by atoms with E-state index in [9.17, 15) is 0 Å². The van der Waals surface area contributed by atoms with Gasteiger partial charge in [0.2, 0.25) is 0 Å². The Morgan fingerprint density at radius 3 is 2.20 bits per heavy atom. The molecule has 0 N–H and O–H groups in total. The van der Waals surface area contributed by atoms with E-state index in [2.05, 4.69) is 9.24 Å². The van der Waals surface area contributed by atoms with Crippen molar-refractivity contribution < 1.29 is 35.8 Å². The molecule has 0 saturated carbocycles. The van der Waals surface area contributed by atoms with Gasteiger partial charge in [0.15, 0.2) is 0 Å². The molecule has 1 nitrogen and oxygen atoms in total. The van der Waals surface area contributed by atoms with Crippen LogP contribution in [0.3, 0.4) is 0 Å². The molecule has 0 aliphatic heterocycles. The van der Waals surface area contributed by atoms with Gasteiger partial charge in [0, 0.05) is 6.16 Å². The van der Waals surface area contributed by atoms with Crippen LogP contribution in [0, 0.1) is 0 Å². The van der Waals surface area contributed by atoms with Crippen LogP contribution in [0.1, 0.15) is 1.43 Å². The van der Waals surface area contributed by atoms with Crippen molar-refractivity contribution in [2.75, 3.05) is 6.16 Å². The molecule has 0 rings (SSSR count). The zero-order valence-electron chi connectivity index (χ0n) is 4.27. The largest absolute Gasteiger partial charge is 1.00 e. The summed E-state index contributed by atoms with van der Waals surface area (Å²) >= 11 is 0. The van der Waals surface area contributed by atoms with Crippen LogP contribution >= 0.6 is 9.24 Å². The third-order valence-corrected chi connectivity index (χ3v) is 0.289. The smallest absolute Gasteiger partial charge is 1.00 e. The van der Waals surface area contributed by atoms with Crippen molar-refractivity contribution in [1.82, 2.24) is 0 Å². The Morgan fingerprint density at radius 2 is 2.20 bits per heavy atom. The third kappa shape index (κ3) is 11.1. The Morgan fingerprint density at radius 1 is 2.00 bits per heavy atom. The van der Waals surface area contributed by atoms with E-state index in [0.29, 0.717) is 6.16 Å². The summed E-state index contributed by atoms with van der Waals surface area (Å²) in [5.41, 5.74) is 0. The van der Waals surface area contributed by atoms with E-state index in [1.54, 1.807) is 0 Å². The third-order valence-electron chi connectivity index (χ3n) is 0.0962. The maximum Gasteiger partial charge on any atom is 1.00 e. The van der Waals surface area contributed by atoms with Crippen LogP contribution in [0.25, 0.3) is 0 Å². The SMILES string of the molecule is O=CCP.[H-].[Na+]. The first-order chi connectivity index (χ1) is 1.91. The van der Waals surface area contributed by atoms with Crippen molar-refractivity contribution in [1.29, 1.82) is 0 Å². The van der Waals surface area contributed by atoms with Crippen LogP contribution in [0.5, 0.6) is 0 Å². The van der Waals surface area contributed by atoms with Crippen LogP contribution in [0.4, 0.5) is 0 Å². The van der Waals surface area contributed by atoms with E-state index in [-0.39, 0.29) is 31.0 Å². The van der Waals surface area contributed by atoms with E-state index in [0.717, 1.165) is 6.29 Å². The maximum absolute atomic E-state index is 9.15. The van der Waals surface area contributed by atoms with Crippen LogP contribution < -0.4 is 29.6 Å². The molecule has 0 heterocycles. The van der Waals surface area contributed by atoms with Gasteiger partial charge in [-0.25, -0.2) is 0 Å². The predicted molar refractivity (Wildman–Crippen MR) is 21.8 cm³/mol. The fourth-order valence-corrected chi connectivity index (χ4v) is 0. The molecule has 0 aliphatic rings. The van der Waals surface area contributed by atoms with Crippen LogP contribution in [-0.2, 0) is 4.79 Å². The molecule has 0 aromatic heterocycles. The molecule has 0 spiro atoms. The van der Waals surface area contributed by atoms with Crippen molar-refractivity contribution in [2.24, 2.45) is 0 Å². The molecular formula is C2H6NaOP. The first-order valence-corrected chi connectivity index (χ1v) is 1.87. The van der Waals surface area contributed by atoms with E-state index < -0.39 is 0 Å². The minimum atomic E-state index is 0. The summed E-state index contributed by atoms with van der Waals surface area (Å²) < 4.78 is 0. The molecule has 0 radical (unpaired) electrons. The van der Waals surface area contributed by atoms with Gasteiger partial charge in [-0.05, 0) is 0 Å². The van der Waals surface area contributed by atoms with Crippen LogP contribution in [0.2, 0.25) is 0 Å². The van der Waals surface area contributed by atoms with E-state index in [4.69, 9.17) is 4.79 Å². The van der Waals surface area contributed by atoms with Gasteiger partial charge in [-0.3, -0.25) is 0 Å². The van der Waals surface area contributed by atoms with E-state index in [1.807, 2.05) is 0 Å². The standard InChI is InChI=1S/C2H5OP.Na.H/c3-1-2-4;;/h1H,2,4H2;;/q;+1;-1.